The summed E-state index contributed by atoms with van der Waals surface area (Å²) in [7, 11) is 2.19. The van der Waals surface area contributed by atoms with E-state index in [0.29, 0.717) is 0 Å². The number of rotatable bonds is 3. The molecule has 9 rings (SSSR count). The highest BCUT2D eigenvalue weighted by Gasteiger charge is 2.42. The van der Waals surface area contributed by atoms with Crippen LogP contribution in [0.1, 0.15) is 79.0 Å². The Morgan fingerprint density at radius 3 is 1.69 bits per heavy atom. The van der Waals surface area contributed by atoms with Crippen molar-refractivity contribution in [1.82, 2.24) is 4.57 Å². The Morgan fingerprint density at radius 1 is 0.537 bits per heavy atom. The molecule has 4 nitrogen and oxygen atoms in total. The van der Waals surface area contributed by atoms with Crippen molar-refractivity contribution in [2.45, 2.75) is 78.6 Å². The van der Waals surface area contributed by atoms with Gasteiger partial charge in [-0.1, -0.05) is 123 Å². The summed E-state index contributed by atoms with van der Waals surface area (Å²) in [5.41, 5.74) is 13.0. The number of aryl methyl sites for hydroxylation is 1. The molecule has 0 radical (unpaired) electrons. The van der Waals surface area contributed by atoms with E-state index in [-0.39, 0.29) is 23.0 Å². The molecule has 0 fully saturated rings. The summed E-state index contributed by atoms with van der Waals surface area (Å²) in [4.78, 5) is 2.45. The largest absolute Gasteiger partial charge is 0.458 e. The first kappa shape index (κ1) is 34.4. The third-order valence-corrected chi connectivity index (χ3v) is 11.6. The van der Waals surface area contributed by atoms with Gasteiger partial charge in [-0.05, 0) is 98.5 Å². The minimum absolute atomic E-state index is 0.0250. The van der Waals surface area contributed by atoms with Crippen LogP contribution in [-0.2, 0) is 23.3 Å². The maximum absolute atomic E-state index is 7.11. The molecule has 0 saturated heterocycles. The third kappa shape index (κ3) is 5.34. The van der Waals surface area contributed by atoms with E-state index in [0.717, 1.165) is 61.9 Å². The monoisotopic (exact) mass is 708 g/mol. The number of fused-ring (bicyclic) bond motifs is 8. The summed E-state index contributed by atoms with van der Waals surface area (Å²) >= 11 is 0. The molecule has 1 aromatic heterocycles. The standard InChI is InChI=1S/C49H49BN2O2/c1-47(2,3)30-18-23-33(24-19-30)52(34-25-20-31(21-26-34)48(4,5)6)39-29-37-46(43-35-14-11-12-15-38(35)51(10)45(39)43)54-42-17-13-16-41-44(42)50(37)36-28-32(49(7,8)9)22-27-40(36)53-41/h11-29H,1-10H3. The summed E-state index contributed by atoms with van der Waals surface area (Å²) in [6, 6.07) is 42.4. The number of aromatic nitrogens is 1. The molecule has 3 heterocycles. The first-order valence-electron chi connectivity index (χ1n) is 19.3. The SMILES string of the molecule is Cn1c2ccccc2c2c3c(cc(N(c4ccc(C(C)(C)C)cc4)c4ccc(C(C)(C)C)cc4)c21)B1c2cc(C(C)(C)C)ccc2Oc2cccc(c21)O3. The predicted octanol–water partition coefficient (Wildman–Crippen LogP) is 11.4. The van der Waals surface area contributed by atoms with Crippen molar-refractivity contribution >= 4 is 62.0 Å². The molecule has 0 atom stereocenters. The highest BCUT2D eigenvalue weighted by Crippen LogP contribution is 2.48. The molecule has 2 aliphatic heterocycles. The van der Waals surface area contributed by atoms with Gasteiger partial charge < -0.3 is 18.9 Å². The number of ether oxygens (including phenoxy) is 2. The van der Waals surface area contributed by atoms with Crippen molar-refractivity contribution in [1.29, 1.82) is 0 Å². The average Bonchev–Trinajstić information content (AvgIpc) is 3.43. The molecule has 0 spiro atoms. The molecule has 0 aliphatic carbocycles. The van der Waals surface area contributed by atoms with Gasteiger partial charge in [0.05, 0.1) is 16.6 Å². The van der Waals surface area contributed by atoms with Crippen molar-refractivity contribution in [3.8, 4) is 23.0 Å². The molecule has 6 aromatic carbocycles. The van der Waals surface area contributed by atoms with E-state index in [1.54, 1.807) is 0 Å². The van der Waals surface area contributed by atoms with Crippen LogP contribution in [0.15, 0.2) is 115 Å². The van der Waals surface area contributed by atoms with E-state index in [9.17, 15) is 0 Å². The van der Waals surface area contributed by atoms with Crippen LogP contribution in [0.5, 0.6) is 23.0 Å². The lowest BCUT2D eigenvalue weighted by atomic mass is 9.34. The van der Waals surface area contributed by atoms with E-state index in [1.807, 2.05) is 6.07 Å². The number of para-hydroxylation sites is 1. The van der Waals surface area contributed by atoms with Crippen LogP contribution in [0.25, 0.3) is 21.8 Å². The van der Waals surface area contributed by atoms with Crippen molar-refractivity contribution < 1.29 is 9.47 Å². The molecule has 270 valence electrons. The third-order valence-electron chi connectivity index (χ3n) is 11.6. The predicted molar refractivity (Wildman–Crippen MR) is 229 cm³/mol. The zero-order valence-electron chi connectivity index (χ0n) is 33.3. The Hall–Kier alpha value is -5.42. The molecule has 7 aromatic rings. The van der Waals surface area contributed by atoms with E-state index < -0.39 is 0 Å². The van der Waals surface area contributed by atoms with Gasteiger partial charge in [0, 0.05) is 34.8 Å². The van der Waals surface area contributed by atoms with E-state index in [2.05, 4.69) is 188 Å². The summed E-state index contributed by atoms with van der Waals surface area (Å²) in [5.74, 6) is 3.52. The van der Waals surface area contributed by atoms with Gasteiger partial charge in [0.15, 0.2) is 0 Å². The fourth-order valence-corrected chi connectivity index (χ4v) is 8.52. The maximum Gasteiger partial charge on any atom is 0.260 e. The first-order chi connectivity index (χ1) is 25.6. The van der Waals surface area contributed by atoms with E-state index >= 15 is 0 Å². The molecule has 5 heteroatoms. The molecule has 0 bridgehead atoms. The number of hydrogen-bond acceptors (Lipinski definition) is 3. The zero-order chi connectivity index (χ0) is 37.9. The molecular formula is C49H49BN2O2. The molecule has 0 unspecified atom stereocenters. The molecule has 54 heavy (non-hydrogen) atoms. The Bertz CT molecular complexity index is 2560. The fourth-order valence-electron chi connectivity index (χ4n) is 8.52. The second-order valence-electron chi connectivity index (χ2n) is 18.4. The lowest BCUT2D eigenvalue weighted by Gasteiger charge is -2.35. The second kappa shape index (κ2) is 11.8. The van der Waals surface area contributed by atoms with Crippen LogP contribution in [0.4, 0.5) is 17.1 Å². The topological polar surface area (TPSA) is 26.6 Å². The Balaban J connectivity index is 1.39. The minimum atomic E-state index is -0.0819. The molecular weight excluding hydrogens is 659 g/mol. The zero-order valence-corrected chi connectivity index (χ0v) is 33.3. The van der Waals surface area contributed by atoms with Gasteiger partial charge in [0.1, 0.15) is 23.0 Å². The lowest BCUT2D eigenvalue weighted by molar-refractivity contribution is 0.466. The van der Waals surface area contributed by atoms with Crippen LogP contribution in [0.3, 0.4) is 0 Å². The highest BCUT2D eigenvalue weighted by molar-refractivity contribution is 6.98. The molecule has 0 saturated carbocycles. The normalized spacial score (nSPS) is 13.6. The summed E-state index contributed by atoms with van der Waals surface area (Å²) < 4.78 is 16.1. The van der Waals surface area contributed by atoms with Gasteiger partial charge in [-0.25, -0.2) is 0 Å². The summed E-state index contributed by atoms with van der Waals surface area (Å²) in [6.07, 6.45) is 0. The number of anilines is 3. The van der Waals surface area contributed by atoms with Crippen molar-refractivity contribution in [3.05, 3.63) is 132 Å². The van der Waals surface area contributed by atoms with E-state index in [1.165, 1.54) is 33.1 Å². The second-order valence-corrected chi connectivity index (χ2v) is 18.4. The fraction of sp³-hybridized carbons (Fsp3) is 0.265. The first-order valence-corrected chi connectivity index (χ1v) is 19.3. The smallest absolute Gasteiger partial charge is 0.260 e. The number of nitrogens with zero attached hydrogens (tertiary/aromatic N) is 2. The minimum Gasteiger partial charge on any atom is -0.458 e. The molecule has 0 N–H and O–H groups in total. The van der Waals surface area contributed by atoms with Crippen LogP contribution in [-0.4, -0.2) is 11.3 Å². The number of benzene rings is 6. The van der Waals surface area contributed by atoms with E-state index in [4.69, 9.17) is 9.47 Å². The Labute approximate surface area is 320 Å². The van der Waals surface area contributed by atoms with Crippen LogP contribution >= 0.6 is 0 Å². The quantitative estimate of drug-likeness (QED) is 0.171. The molecule has 2 aliphatic rings. The van der Waals surface area contributed by atoms with Gasteiger partial charge in [0.2, 0.25) is 0 Å². The van der Waals surface area contributed by atoms with Gasteiger partial charge >= 0.3 is 0 Å². The summed E-state index contributed by atoms with van der Waals surface area (Å²) in [5, 5.41) is 2.30. The van der Waals surface area contributed by atoms with Crippen molar-refractivity contribution in [2.24, 2.45) is 7.05 Å². The maximum atomic E-state index is 7.11. The van der Waals surface area contributed by atoms with Crippen molar-refractivity contribution in [3.63, 3.8) is 0 Å². The Morgan fingerprint density at radius 2 is 1.09 bits per heavy atom. The van der Waals surface area contributed by atoms with Gasteiger partial charge in [-0.3, -0.25) is 0 Å². The lowest BCUT2D eigenvalue weighted by Crippen LogP contribution is -2.57. The summed E-state index contributed by atoms with van der Waals surface area (Å²) in [6.45, 7) is 20.4. The van der Waals surface area contributed by atoms with Crippen molar-refractivity contribution in [2.75, 3.05) is 4.90 Å². The highest BCUT2D eigenvalue weighted by atomic mass is 16.5. The molecule has 0 amide bonds. The van der Waals surface area contributed by atoms with Crippen LogP contribution in [0.2, 0.25) is 0 Å². The van der Waals surface area contributed by atoms with Gasteiger partial charge in [-0.15, -0.1) is 0 Å². The van der Waals surface area contributed by atoms with Crippen LogP contribution in [0, 0.1) is 0 Å². The van der Waals surface area contributed by atoms with Gasteiger partial charge in [0.25, 0.3) is 6.71 Å². The Kier molecular flexibility index (Phi) is 7.50. The number of hydrogen-bond donors (Lipinski definition) is 0. The van der Waals surface area contributed by atoms with Crippen LogP contribution < -0.4 is 30.8 Å². The van der Waals surface area contributed by atoms with Gasteiger partial charge in [-0.2, -0.15) is 0 Å². The average molecular weight is 709 g/mol.